The number of hydrogen-bond donors (Lipinski definition) is 0. The van der Waals surface area contributed by atoms with E-state index in [1.165, 1.54) is 11.3 Å². The Labute approximate surface area is 115 Å². The van der Waals surface area contributed by atoms with Crippen LogP contribution in [-0.4, -0.2) is 5.78 Å². The molecule has 0 fully saturated rings. The molecule has 0 saturated heterocycles. The number of halogens is 1. The lowest BCUT2D eigenvalue weighted by Crippen LogP contribution is -1.93. The summed E-state index contributed by atoms with van der Waals surface area (Å²) in [4.78, 5) is 13.8. The maximum atomic E-state index is 12.2. The van der Waals surface area contributed by atoms with Gasteiger partial charge in [0.2, 0.25) is 5.78 Å². The lowest BCUT2D eigenvalue weighted by molar-refractivity contribution is 0.104. The van der Waals surface area contributed by atoms with Gasteiger partial charge < -0.3 is 0 Å². The average molecular weight is 323 g/mol. The highest BCUT2D eigenvalue weighted by atomic mass is 79.9. The second-order valence-electron chi connectivity index (χ2n) is 3.58. The van der Waals surface area contributed by atoms with E-state index in [1.807, 2.05) is 42.5 Å². The Morgan fingerprint density at radius 1 is 1.00 bits per heavy atom. The summed E-state index contributed by atoms with van der Waals surface area (Å²) in [5.41, 5.74) is 0. The Balaban J connectivity index is 2.06. The molecule has 4 heteroatoms. The van der Waals surface area contributed by atoms with E-state index < -0.39 is 0 Å². The van der Waals surface area contributed by atoms with E-state index in [-0.39, 0.29) is 5.78 Å². The van der Waals surface area contributed by atoms with E-state index in [4.69, 9.17) is 0 Å². The van der Waals surface area contributed by atoms with Crippen molar-refractivity contribution < 1.29 is 4.79 Å². The molecule has 0 atom stereocenters. The fraction of sp³-hybridized carbons (Fsp3) is 0. The maximum Gasteiger partial charge on any atom is 0.212 e. The minimum atomic E-state index is 0.113. The summed E-state index contributed by atoms with van der Waals surface area (Å²) >= 11 is 6.40. The van der Waals surface area contributed by atoms with Crippen LogP contribution in [0.5, 0.6) is 0 Å². The number of thiophene rings is 2. The van der Waals surface area contributed by atoms with Crippen molar-refractivity contribution in [3.8, 4) is 0 Å². The van der Waals surface area contributed by atoms with E-state index in [1.54, 1.807) is 11.3 Å². The molecule has 3 rings (SSSR count). The van der Waals surface area contributed by atoms with Gasteiger partial charge in [0.25, 0.3) is 0 Å². The zero-order valence-electron chi connectivity index (χ0n) is 8.64. The van der Waals surface area contributed by atoms with Crippen molar-refractivity contribution in [1.29, 1.82) is 0 Å². The number of benzene rings is 1. The van der Waals surface area contributed by atoms with Crippen LogP contribution in [-0.2, 0) is 0 Å². The molecule has 0 unspecified atom stereocenters. The fourth-order valence-electron chi connectivity index (χ4n) is 1.65. The van der Waals surface area contributed by atoms with Crippen molar-refractivity contribution in [3.63, 3.8) is 0 Å². The molecule has 0 aliphatic rings. The van der Waals surface area contributed by atoms with Gasteiger partial charge in [0.1, 0.15) is 0 Å². The highest BCUT2D eigenvalue weighted by Crippen LogP contribution is 2.30. The normalized spacial score (nSPS) is 10.9. The minimum Gasteiger partial charge on any atom is -0.287 e. The topological polar surface area (TPSA) is 17.1 Å². The third-order valence-electron chi connectivity index (χ3n) is 2.45. The standard InChI is InChI=1S/C13H7BrOS2/c14-12-6-5-10(17-12)13(15)11-7-8-3-1-2-4-9(8)16-11/h1-7H. The smallest absolute Gasteiger partial charge is 0.212 e. The summed E-state index contributed by atoms with van der Waals surface area (Å²) < 4.78 is 2.15. The first-order chi connectivity index (χ1) is 8.24. The zero-order chi connectivity index (χ0) is 11.8. The van der Waals surface area contributed by atoms with Gasteiger partial charge in [-0.25, -0.2) is 0 Å². The number of carbonyl (C=O) groups is 1. The summed E-state index contributed by atoms with van der Waals surface area (Å²) in [6.45, 7) is 0. The zero-order valence-corrected chi connectivity index (χ0v) is 11.9. The van der Waals surface area contributed by atoms with E-state index in [0.717, 1.165) is 23.6 Å². The predicted octanol–water partition coefficient (Wildman–Crippen LogP) is 4.96. The molecule has 0 aliphatic heterocycles. The van der Waals surface area contributed by atoms with Crippen LogP contribution in [0.15, 0.2) is 46.3 Å². The Morgan fingerprint density at radius 3 is 2.53 bits per heavy atom. The van der Waals surface area contributed by atoms with Crippen molar-refractivity contribution in [3.05, 3.63) is 56.0 Å². The van der Waals surface area contributed by atoms with E-state index in [9.17, 15) is 4.79 Å². The Hall–Kier alpha value is -0.970. The fourth-order valence-corrected chi connectivity index (χ4v) is 4.07. The molecular formula is C13H7BrOS2. The average Bonchev–Trinajstić information content (AvgIpc) is 2.93. The third kappa shape index (κ3) is 2.08. The summed E-state index contributed by atoms with van der Waals surface area (Å²) in [7, 11) is 0. The number of rotatable bonds is 2. The number of fused-ring (bicyclic) bond motifs is 1. The molecule has 0 amide bonds. The summed E-state index contributed by atoms with van der Waals surface area (Å²) in [6.07, 6.45) is 0. The van der Waals surface area contributed by atoms with Gasteiger partial charge in [0, 0.05) is 4.70 Å². The monoisotopic (exact) mass is 322 g/mol. The SMILES string of the molecule is O=C(c1ccc(Br)s1)c1cc2ccccc2s1. The van der Waals surface area contributed by atoms with Crippen molar-refractivity contribution in [1.82, 2.24) is 0 Å². The molecule has 0 radical (unpaired) electrons. The quantitative estimate of drug-likeness (QED) is 0.610. The molecule has 3 aromatic rings. The van der Waals surface area contributed by atoms with Gasteiger partial charge in [-0.15, -0.1) is 22.7 Å². The molecule has 2 heterocycles. The van der Waals surface area contributed by atoms with Gasteiger partial charge in [-0.1, -0.05) is 18.2 Å². The predicted molar refractivity (Wildman–Crippen MR) is 77.3 cm³/mol. The van der Waals surface area contributed by atoms with Gasteiger partial charge in [-0.3, -0.25) is 4.79 Å². The van der Waals surface area contributed by atoms with Crippen LogP contribution in [0.2, 0.25) is 0 Å². The lowest BCUT2D eigenvalue weighted by Gasteiger charge is -1.90. The van der Waals surface area contributed by atoms with Crippen LogP contribution in [0.4, 0.5) is 0 Å². The first-order valence-corrected chi connectivity index (χ1v) is 7.45. The summed E-state index contributed by atoms with van der Waals surface area (Å²) in [5.74, 6) is 0.113. The molecular weight excluding hydrogens is 316 g/mol. The van der Waals surface area contributed by atoms with Crippen LogP contribution in [0.3, 0.4) is 0 Å². The van der Waals surface area contributed by atoms with Gasteiger partial charge in [-0.05, 0) is 45.6 Å². The highest BCUT2D eigenvalue weighted by Gasteiger charge is 2.14. The van der Waals surface area contributed by atoms with Crippen LogP contribution in [0.25, 0.3) is 10.1 Å². The summed E-state index contributed by atoms with van der Waals surface area (Å²) in [5, 5.41) is 1.14. The highest BCUT2D eigenvalue weighted by molar-refractivity contribution is 9.11. The Morgan fingerprint density at radius 2 is 1.82 bits per heavy atom. The van der Waals surface area contributed by atoms with Crippen molar-refractivity contribution in [2.45, 2.75) is 0 Å². The van der Waals surface area contributed by atoms with E-state index >= 15 is 0 Å². The Kier molecular flexibility index (Phi) is 2.86. The van der Waals surface area contributed by atoms with Gasteiger partial charge >= 0.3 is 0 Å². The van der Waals surface area contributed by atoms with Crippen molar-refractivity contribution in [2.75, 3.05) is 0 Å². The summed E-state index contributed by atoms with van der Waals surface area (Å²) in [6, 6.07) is 13.8. The molecule has 1 aromatic carbocycles. The van der Waals surface area contributed by atoms with E-state index in [0.29, 0.717) is 0 Å². The van der Waals surface area contributed by atoms with Gasteiger partial charge in [0.05, 0.1) is 13.5 Å². The van der Waals surface area contributed by atoms with Crippen LogP contribution >= 0.6 is 38.6 Å². The van der Waals surface area contributed by atoms with Gasteiger partial charge in [-0.2, -0.15) is 0 Å². The van der Waals surface area contributed by atoms with Crippen LogP contribution < -0.4 is 0 Å². The van der Waals surface area contributed by atoms with Crippen LogP contribution in [0, 0.1) is 0 Å². The van der Waals surface area contributed by atoms with Crippen LogP contribution in [0.1, 0.15) is 14.5 Å². The maximum absolute atomic E-state index is 12.2. The molecule has 0 N–H and O–H groups in total. The molecule has 0 bridgehead atoms. The van der Waals surface area contributed by atoms with E-state index in [2.05, 4.69) is 15.9 Å². The Bertz CT molecular complexity index is 663. The number of ketones is 1. The van der Waals surface area contributed by atoms with Crippen molar-refractivity contribution in [2.24, 2.45) is 0 Å². The molecule has 84 valence electrons. The van der Waals surface area contributed by atoms with Gasteiger partial charge in [0.15, 0.2) is 0 Å². The first-order valence-electron chi connectivity index (χ1n) is 5.02. The second-order valence-corrected chi connectivity index (χ2v) is 7.13. The lowest BCUT2D eigenvalue weighted by atomic mass is 10.2. The third-order valence-corrected chi connectivity index (χ3v) is 5.18. The molecule has 2 aromatic heterocycles. The molecule has 0 aliphatic carbocycles. The number of hydrogen-bond acceptors (Lipinski definition) is 3. The largest absolute Gasteiger partial charge is 0.287 e. The number of carbonyl (C=O) groups excluding carboxylic acids is 1. The minimum absolute atomic E-state index is 0.113. The molecule has 0 saturated carbocycles. The molecule has 17 heavy (non-hydrogen) atoms. The second kappa shape index (κ2) is 4.37. The van der Waals surface area contributed by atoms with Crippen molar-refractivity contribution >= 4 is 54.5 Å². The molecule has 0 spiro atoms. The molecule has 1 nitrogen and oxygen atoms in total. The first kappa shape index (κ1) is 11.1.